The minimum Gasteiger partial charge on any atom is -0.241 e. The van der Waals surface area contributed by atoms with Crippen LogP contribution in [0.25, 0.3) is 10.2 Å². The third kappa shape index (κ3) is 1.78. The molecule has 3 heteroatoms. The van der Waals surface area contributed by atoms with Crippen LogP contribution < -0.4 is 0 Å². The number of nitrogens with zero attached hydrogens (tertiary/aromatic N) is 1. The van der Waals surface area contributed by atoms with Crippen molar-refractivity contribution < 1.29 is 0 Å². The molecule has 0 saturated heterocycles. The molecule has 1 nitrogen and oxygen atoms in total. The maximum absolute atomic E-state index is 6.28. The van der Waals surface area contributed by atoms with Crippen LogP contribution >= 0.6 is 22.9 Å². The van der Waals surface area contributed by atoms with E-state index >= 15 is 0 Å². The summed E-state index contributed by atoms with van der Waals surface area (Å²) < 4.78 is 1.31. The Bertz CT molecular complexity index is 548. The SMILES string of the molecule is ClCC1(Cc2nc3ccccc3s2)CC2CC2C1. The predicted octanol–water partition coefficient (Wildman–Crippen LogP) is 4.49. The van der Waals surface area contributed by atoms with Crippen molar-refractivity contribution in [3.63, 3.8) is 0 Å². The fraction of sp³-hybridized carbons (Fsp3) is 0.533. The normalized spacial score (nSPS) is 33.8. The van der Waals surface area contributed by atoms with Crippen molar-refractivity contribution in [1.82, 2.24) is 4.98 Å². The van der Waals surface area contributed by atoms with Gasteiger partial charge >= 0.3 is 0 Å². The highest BCUT2D eigenvalue weighted by Gasteiger charge is 2.53. The molecule has 2 saturated carbocycles. The van der Waals surface area contributed by atoms with Crippen molar-refractivity contribution in [3.8, 4) is 0 Å². The molecule has 1 heterocycles. The Morgan fingerprint density at radius 2 is 2.06 bits per heavy atom. The van der Waals surface area contributed by atoms with E-state index in [9.17, 15) is 0 Å². The van der Waals surface area contributed by atoms with E-state index in [1.54, 1.807) is 0 Å². The molecule has 2 fully saturated rings. The molecule has 2 aromatic rings. The summed E-state index contributed by atoms with van der Waals surface area (Å²) in [5.74, 6) is 2.77. The molecule has 0 radical (unpaired) electrons. The number of fused-ring (bicyclic) bond motifs is 2. The maximum atomic E-state index is 6.28. The topological polar surface area (TPSA) is 12.9 Å². The molecule has 1 aromatic heterocycles. The molecule has 1 aromatic carbocycles. The average Bonchev–Trinajstić information content (AvgIpc) is 2.85. The largest absolute Gasteiger partial charge is 0.241 e. The number of halogens is 1. The summed E-state index contributed by atoms with van der Waals surface area (Å²) in [7, 11) is 0. The van der Waals surface area contributed by atoms with Crippen LogP contribution in [0.5, 0.6) is 0 Å². The van der Waals surface area contributed by atoms with Crippen LogP contribution in [0.3, 0.4) is 0 Å². The molecule has 2 unspecified atom stereocenters. The van der Waals surface area contributed by atoms with E-state index in [2.05, 4.69) is 24.3 Å². The van der Waals surface area contributed by atoms with E-state index in [-0.39, 0.29) is 0 Å². The summed E-state index contributed by atoms with van der Waals surface area (Å²) in [6.07, 6.45) is 5.20. The molecule has 0 amide bonds. The molecule has 4 rings (SSSR count). The Balaban J connectivity index is 1.63. The minimum atomic E-state index is 0.350. The molecule has 0 N–H and O–H groups in total. The van der Waals surface area contributed by atoms with Gasteiger partial charge in [-0.15, -0.1) is 22.9 Å². The second-order valence-corrected chi connectivity index (χ2v) is 7.43. The van der Waals surface area contributed by atoms with Crippen molar-refractivity contribution in [2.75, 3.05) is 5.88 Å². The number of rotatable bonds is 3. The molecule has 94 valence electrons. The summed E-state index contributed by atoms with van der Waals surface area (Å²) in [4.78, 5) is 4.77. The summed E-state index contributed by atoms with van der Waals surface area (Å²) in [5.41, 5.74) is 1.49. The fourth-order valence-electron chi connectivity index (χ4n) is 3.62. The van der Waals surface area contributed by atoms with Crippen LogP contribution in [-0.4, -0.2) is 10.9 Å². The molecular formula is C15H16ClNS. The van der Waals surface area contributed by atoms with Crippen LogP contribution in [0, 0.1) is 17.3 Å². The van der Waals surface area contributed by atoms with Gasteiger partial charge in [0.15, 0.2) is 0 Å². The van der Waals surface area contributed by atoms with Crippen LogP contribution in [-0.2, 0) is 6.42 Å². The molecule has 0 aliphatic heterocycles. The summed E-state index contributed by atoms with van der Waals surface area (Å²) in [6, 6.07) is 8.42. The highest BCUT2D eigenvalue weighted by atomic mass is 35.5. The van der Waals surface area contributed by atoms with E-state index in [0.29, 0.717) is 5.41 Å². The summed E-state index contributed by atoms with van der Waals surface area (Å²) in [6.45, 7) is 0. The first-order valence-electron chi connectivity index (χ1n) is 6.68. The molecule has 2 aliphatic carbocycles. The minimum absolute atomic E-state index is 0.350. The van der Waals surface area contributed by atoms with Gasteiger partial charge in [-0.05, 0) is 48.6 Å². The standard InChI is InChI=1S/C15H16ClNS/c16-9-15(6-10-5-11(10)7-15)8-14-17-12-3-1-2-4-13(12)18-14/h1-4,10-11H,5-9H2. The highest BCUT2D eigenvalue weighted by molar-refractivity contribution is 7.18. The van der Waals surface area contributed by atoms with Gasteiger partial charge in [0.2, 0.25) is 0 Å². The van der Waals surface area contributed by atoms with Crippen molar-refractivity contribution in [3.05, 3.63) is 29.3 Å². The lowest BCUT2D eigenvalue weighted by atomic mass is 9.82. The van der Waals surface area contributed by atoms with E-state index in [0.717, 1.165) is 29.7 Å². The first-order chi connectivity index (χ1) is 8.78. The Morgan fingerprint density at radius 1 is 1.28 bits per heavy atom. The summed E-state index contributed by atoms with van der Waals surface area (Å²) in [5, 5.41) is 1.28. The quantitative estimate of drug-likeness (QED) is 0.753. The van der Waals surface area contributed by atoms with E-state index in [1.165, 1.54) is 29.0 Å². The van der Waals surface area contributed by atoms with Crippen molar-refractivity contribution in [2.45, 2.75) is 25.7 Å². The molecular weight excluding hydrogens is 262 g/mol. The fourth-order valence-corrected chi connectivity index (χ4v) is 5.08. The highest BCUT2D eigenvalue weighted by Crippen LogP contribution is 2.61. The van der Waals surface area contributed by atoms with Crippen LogP contribution in [0.1, 0.15) is 24.3 Å². The van der Waals surface area contributed by atoms with Crippen molar-refractivity contribution in [1.29, 1.82) is 0 Å². The van der Waals surface area contributed by atoms with Crippen LogP contribution in [0.15, 0.2) is 24.3 Å². The van der Waals surface area contributed by atoms with Crippen LogP contribution in [0.2, 0.25) is 0 Å². The number of benzene rings is 1. The van der Waals surface area contributed by atoms with Gasteiger partial charge in [-0.25, -0.2) is 4.98 Å². The lowest BCUT2D eigenvalue weighted by molar-refractivity contribution is 0.303. The van der Waals surface area contributed by atoms with Gasteiger partial charge in [-0.3, -0.25) is 0 Å². The second kappa shape index (κ2) is 3.94. The Kier molecular flexibility index (Phi) is 2.46. The van der Waals surface area contributed by atoms with Crippen LogP contribution in [0.4, 0.5) is 0 Å². The lowest BCUT2D eigenvalue weighted by Gasteiger charge is -2.27. The van der Waals surface area contributed by atoms with Gasteiger partial charge in [0.25, 0.3) is 0 Å². The van der Waals surface area contributed by atoms with E-state index in [4.69, 9.17) is 16.6 Å². The number of hydrogen-bond donors (Lipinski definition) is 0. The molecule has 2 atom stereocenters. The predicted molar refractivity (Wildman–Crippen MR) is 77.3 cm³/mol. The van der Waals surface area contributed by atoms with Gasteiger partial charge in [0, 0.05) is 12.3 Å². The monoisotopic (exact) mass is 277 g/mol. The van der Waals surface area contributed by atoms with Crippen molar-refractivity contribution in [2.24, 2.45) is 17.3 Å². The average molecular weight is 278 g/mol. The zero-order chi connectivity index (χ0) is 12.2. The third-order valence-corrected chi connectivity index (χ3v) is 6.21. The number of alkyl halides is 1. The second-order valence-electron chi connectivity index (χ2n) is 6.05. The smallest absolute Gasteiger partial charge is 0.0944 e. The third-order valence-electron chi connectivity index (χ3n) is 4.61. The number of thiazole rings is 1. The molecule has 0 bridgehead atoms. The zero-order valence-corrected chi connectivity index (χ0v) is 11.8. The van der Waals surface area contributed by atoms with Gasteiger partial charge in [-0.2, -0.15) is 0 Å². The number of hydrogen-bond acceptors (Lipinski definition) is 2. The Hall–Kier alpha value is -0.600. The molecule has 18 heavy (non-hydrogen) atoms. The van der Waals surface area contributed by atoms with Gasteiger partial charge < -0.3 is 0 Å². The Labute approximate surface area is 116 Å². The molecule has 2 aliphatic rings. The van der Waals surface area contributed by atoms with E-state index in [1.807, 2.05) is 11.3 Å². The lowest BCUT2D eigenvalue weighted by Crippen LogP contribution is -2.23. The van der Waals surface area contributed by atoms with Gasteiger partial charge in [-0.1, -0.05) is 12.1 Å². The zero-order valence-electron chi connectivity index (χ0n) is 10.2. The first kappa shape index (κ1) is 11.2. The van der Waals surface area contributed by atoms with E-state index < -0.39 is 0 Å². The number of aromatic nitrogens is 1. The van der Waals surface area contributed by atoms with Gasteiger partial charge in [0.1, 0.15) is 0 Å². The maximum Gasteiger partial charge on any atom is 0.0944 e. The van der Waals surface area contributed by atoms with Gasteiger partial charge in [0.05, 0.1) is 15.2 Å². The first-order valence-corrected chi connectivity index (χ1v) is 8.04. The molecule has 0 spiro atoms. The summed E-state index contributed by atoms with van der Waals surface area (Å²) >= 11 is 8.12. The van der Waals surface area contributed by atoms with Crippen molar-refractivity contribution >= 4 is 33.2 Å². The number of para-hydroxylation sites is 1. The Morgan fingerprint density at radius 3 is 2.78 bits per heavy atom.